The normalized spacial score (nSPS) is 11.1. The van der Waals surface area contributed by atoms with Gasteiger partial charge in [-0.2, -0.15) is 0 Å². The van der Waals surface area contributed by atoms with Crippen molar-refractivity contribution in [2.45, 2.75) is 84.5 Å². The maximum absolute atomic E-state index is 4.68. The van der Waals surface area contributed by atoms with Crippen LogP contribution in [0, 0.1) is 0 Å². The summed E-state index contributed by atoms with van der Waals surface area (Å²) in [6.45, 7) is 4.53. The lowest BCUT2D eigenvalue weighted by Gasteiger charge is -2.03. The number of aryl methyl sites for hydroxylation is 2. The first kappa shape index (κ1) is 19.2. The first-order valence-electron chi connectivity index (χ1n) is 9.87. The lowest BCUT2D eigenvalue weighted by Crippen LogP contribution is -1.90. The molecule has 0 fully saturated rings. The highest BCUT2D eigenvalue weighted by molar-refractivity contribution is 7.15. The molecule has 0 aliphatic carbocycles. The molecule has 2 heterocycles. The Morgan fingerprint density at radius 1 is 0.750 bits per heavy atom. The fraction of sp³-hybridized carbons (Fsp3) is 0.591. The van der Waals surface area contributed by atoms with Crippen molar-refractivity contribution in [3.63, 3.8) is 0 Å². The second-order valence-corrected chi connectivity index (χ2v) is 7.95. The van der Waals surface area contributed by atoms with Gasteiger partial charge in [-0.3, -0.25) is 4.98 Å². The van der Waals surface area contributed by atoms with Gasteiger partial charge in [0.25, 0.3) is 0 Å². The molecule has 0 saturated heterocycles. The molecule has 2 rings (SSSR count). The van der Waals surface area contributed by atoms with Gasteiger partial charge >= 0.3 is 0 Å². The number of aromatic nitrogens is 1. The molecule has 1 nitrogen and oxygen atoms in total. The van der Waals surface area contributed by atoms with Crippen LogP contribution in [0.2, 0.25) is 0 Å². The number of hydrogen-bond donors (Lipinski definition) is 0. The number of hydrogen-bond acceptors (Lipinski definition) is 2. The van der Waals surface area contributed by atoms with E-state index in [9.17, 15) is 0 Å². The van der Waals surface area contributed by atoms with Crippen molar-refractivity contribution in [1.82, 2.24) is 4.98 Å². The third-order valence-electron chi connectivity index (χ3n) is 4.58. The lowest BCUT2D eigenvalue weighted by atomic mass is 10.1. The molecule has 0 spiro atoms. The van der Waals surface area contributed by atoms with Crippen molar-refractivity contribution in [3.8, 4) is 10.4 Å². The van der Waals surface area contributed by atoms with E-state index in [4.69, 9.17) is 0 Å². The summed E-state index contributed by atoms with van der Waals surface area (Å²) in [6, 6.07) is 9.03. The maximum Gasteiger partial charge on any atom is 0.0404 e. The van der Waals surface area contributed by atoms with Crippen molar-refractivity contribution in [2.24, 2.45) is 0 Å². The van der Waals surface area contributed by atoms with E-state index in [1.807, 2.05) is 11.3 Å². The van der Waals surface area contributed by atoms with Crippen molar-refractivity contribution < 1.29 is 0 Å². The number of thiophene rings is 1. The van der Waals surface area contributed by atoms with Gasteiger partial charge in [0, 0.05) is 27.2 Å². The predicted octanol–water partition coefficient (Wildman–Crippen LogP) is 7.45. The van der Waals surface area contributed by atoms with E-state index in [0.717, 1.165) is 6.42 Å². The molecule has 0 aliphatic heterocycles. The van der Waals surface area contributed by atoms with Crippen LogP contribution < -0.4 is 0 Å². The van der Waals surface area contributed by atoms with E-state index in [1.54, 1.807) is 0 Å². The van der Waals surface area contributed by atoms with Crippen molar-refractivity contribution in [2.75, 3.05) is 0 Å². The van der Waals surface area contributed by atoms with Gasteiger partial charge < -0.3 is 0 Å². The van der Waals surface area contributed by atoms with Crippen LogP contribution in [-0.2, 0) is 12.8 Å². The Morgan fingerprint density at radius 3 is 2.17 bits per heavy atom. The average Bonchev–Trinajstić information content (AvgIpc) is 3.08. The first-order chi connectivity index (χ1) is 11.8. The molecule has 0 radical (unpaired) electrons. The average molecular weight is 344 g/mol. The van der Waals surface area contributed by atoms with Crippen LogP contribution >= 0.6 is 11.3 Å². The van der Waals surface area contributed by atoms with Gasteiger partial charge in [-0.1, -0.05) is 64.9 Å². The van der Waals surface area contributed by atoms with E-state index >= 15 is 0 Å². The summed E-state index contributed by atoms with van der Waals surface area (Å²) in [5.74, 6) is 0. The Kier molecular flexibility index (Phi) is 9.12. The predicted molar refractivity (Wildman–Crippen MR) is 108 cm³/mol. The minimum atomic E-state index is 1.12. The Bertz CT molecular complexity index is 556. The van der Waals surface area contributed by atoms with Gasteiger partial charge in [-0.15, -0.1) is 11.3 Å². The Morgan fingerprint density at radius 2 is 1.46 bits per heavy atom. The largest absolute Gasteiger partial charge is 0.261 e. The Hall–Kier alpha value is -1.15. The number of rotatable bonds is 12. The second-order valence-electron chi connectivity index (χ2n) is 6.78. The summed E-state index contributed by atoms with van der Waals surface area (Å²) in [4.78, 5) is 7.55. The van der Waals surface area contributed by atoms with E-state index < -0.39 is 0 Å². The van der Waals surface area contributed by atoms with Crippen LogP contribution in [0.25, 0.3) is 10.4 Å². The van der Waals surface area contributed by atoms with Crippen LogP contribution in [0.4, 0.5) is 0 Å². The molecule has 0 saturated carbocycles. The summed E-state index contributed by atoms with van der Waals surface area (Å²) >= 11 is 1.94. The van der Waals surface area contributed by atoms with Crippen LogP contribution in [-0.4, -0.2) is 4.98 Å². The summed E-state index contributed by atoms with van der Waals surface area (Å²) in [6.07, 6.45) is 16.4. The molecular weight excluding hydrogens is 310 g/mol. The van der Waals surface area contributed by atoms with Gasteiger partial charge in [0.2, 0.25) is 0 Å². The monoisotopic (exact) mass is 343 g/mol. The highest BCUT2D eigenvalue weighted by Gasteiger charge is 2.04. The van der Waals surface area contributed by atoms with Crippen LogP contribution in [0.5, 0.6) is 0 Å². The van der Waals surface area contributed by atoms with E-state index in [2.05, 4.69) is 49.3 Å². The second kappa shape index (κ2) is 11.4. The van der Waals surface area contributed by atoms with Crippen LogP contribution in [0.1, 0.15) is 82.2 Å². The SMILES string of the molecule is CCCCCCCc1ccc(-c2ccc(CCCCCC)s2)cn1. The van der Waals surface area contributed by atoms with E-state index in [-0.39, 0.29) is 0 Å². The standard InChI is InChI=1S/C22H33NS/c1-3-5-7-9-10-12-20-15-14-19(18-23-20)22-17-16-21(24-22)13-11-8-6-4-2/h14-18H,3-13H2,1-2H3. The van der Waals surface area contributed by atoms with Crippen molar-refractivity contribution in [1.29, 1.82) is 0 Å². The van der Waals surface area contributed by atoms with Gasteiger partial charge in [0.15, 0.2) is 0 Å². The van der Waals surface area contributed by atoms with Gasteiger partial charge in [0.05, 0.1) is 0 Å². The maximum atomic E-state index is 4.68. The fourth-order valence-corrected chi connectivity index (χ4v) is 4.06. The number of nitrogens with zero attached hydrogens (tertiary/aromatic N) is 1. The molecular formula is C22H33NS. The van der Waals surface area contributed by atoms with Crippen molar-refractivity contribution >= 4 is 11.3 Å². The van der Waals surface area contributed by atoms with Crippen LogP contribution in [0.3, 0.4) is 0 Å². The first-order valence-corrected chi connectivity index (χ1v) is 10.7. The molecule has 24 heavy (non-hydrogen) atoms. The smallest absolute Gasteiger partial charge is 0.0404 e. The summed E-state index contributed by atoms with van der Waals surface area (Å²) < 4.78 is 0. The minimum absolute atomic E-state index is 1.12. The zero-order valence-electron chi connectivity index (χ0n) is 15.5. The van der Waals surface area contributed by atoms with E-state index in [1.165, 1.54) is 85.2 Å². The Labute approximate surface area is 152 Å². The minimum Gasteiger partial charge on any atom is -0.261 e. The molecule has 0 aromatic carbocycles. The zero-order chi connectivity index (χ0) is 17.0. The topological polar surface area (TPSA) is 12.9 Å². The molecule has 2 aromatic heterocycles. The molecule has 0 atom stereocenters. The van der Waals surface area contributed by atoms with Crippen molar-refractivity contribution in [3.05, 3.63) is 41.0 Å². The molecule has 0 unspecified atom stereocenters. The summed E-state index contributed by atoms with van der Waals surface area (Å²) in [5, 5.41) is 0. The lowest BCUT2D eigenvalue weighted by molar-refractivity contribution is 0.628. The van der Waals surface area contributed by atoms with Crippen LogP contribution in [0.15, 0.2) is 30.5 Å². The van der Waals surface area contributed by atoms with E-state index in [0.29, 0.717) is 0 Å². The Balaban J connectivity index is 1.79. The molecule has 2 aromatic rings. The van der Waals surface area contributed by atoms with Gasteiger partial charge in [-0.25, -0.2) is 0 Å². The zero-order valence-corrected chi connectivity index (χ0v) is 16.3. The van der Waals surface area contributed by atoms with Gasteiger partial charge in [-0.05, 0) is 43.9 Å². The highest BCUT2D eigenvalue weighted by Crippen LogP contribution is 2.29. The fourth-order valence-electron chi connectivity index (χ4n) is 3.02. The molecule has 2 heteroatoms. The quantitative estimate of drug-likeness (QED) is 0.365. The number of pyridine rings is 1. The molecule has 132 valence electrons. The summed E-state index contributed by atoms with van der Waals surface area (Å²) in [7, 11) is 0. The highest BCUT2D eigenvalue weighted by atomic mass is 32.1. The molecule has 0 N–H and O–H groups in total. The summed E-state index contributed by atoms with van der Waals surface area (Å²) in [5.41, 5.74) is 2.51. The molecule has 0 amide bonds. The molecule has 0 bridgehead atoms. The third kappa shape index (κ3) is 6.76. The number of unbranched alkanes of at least 4 members (excludes halogenated alkanes) is 7. The van der Waals surface area contributed by atoms with Gasteiger partial charge in [0.1, 0.15) is 0 Å². The third-order valence-corrected chi connectivity index (χ3v) is 5.78. The molecule has 0 aliphatic rings.